The van der Waals surface area contributed by atoms with E-state index in [1.807, 2.05) is 24.4 Å². The minimum Gasteiger partial charge on any atom is -0.353 e. The first-order valence-electron chi connectivity index (χ1n) is 7.42. The third kappa shape index (κ3) is 4.10. The molecular formula is C15H22N4OS2. The maximum Gasteiger partial charge on any atom is 0.230 e. The normalized spacial score (nSPS) is 12.6. The van der Waals surface area contributed by atoms with Crippen LogP contribution < -0.4 is 5.32 Å². The fourth-order valence-electron chi connectivity index (χ4n) is 1.86. The minimum absolute atomic E-state index is 0.0366. The highest BCUT2D eigenvalue weighted by molar-refractivity contribution is 7.99. The first-order chi connectivity index (χ1) is 10.5. The zero-order valence-electron chi connectivity index (χ0n) is 13.4. The van der Waals surface area contributed by atoms with E-state index in [-0.39, 0.29) is 11.9 Å². The number of nitrogens with zero attached hydrogens (tertiary/aromatic N) is 3. The van der Waals surface area contributed by atoms with Crippen LogP contribution in [0.25, 0.3) is 10.7 Å². The van der Waals surface area contributed by atoms with Crippen LogP contribution in [0.3, 0.4) is 0 Å². The van der Waals surface area contributed by atoms with Crippen molar-refractivity contribution in [2.45, 2.75) is 45.4 Å². The Balaban J connectivity index is 2.00. The number of thioether (sulfide) groups is 1. The fraction of sp³-hybridized carbons (Fsp3) is 0.533. The van der Waals surface area contributed by atoms with Crippen LogP contribution in [0.4, 0.5) is 0 Å². The second-order valence-electron chi connectivity index (χ2n) is 5.42. The summed E-state index contributed by atoms with van der Waals surface area (Å²) in [5, 5.41) is 14.3. The van der Waals surface area contributed by atoms with Gasteiger partial charge in [0.25, 0.3) is 0 Å². The Morgan fingerprint density at radius 2 is 2.18 bits per heavy atom. The minimum atomic E-state index is 0.0366. The molecule has 0 fully saturated rings. The molecule has 2 aromatic heterocycles. The van der Waals surface area contributed by atoms with Crippen molar-refractivity contribution in [1.29, 1.82) is 0 Å². The van der Waals surface area contributed by atoms with Crippen LogP contribution in [0.15, 0.2) is 22.7 Å². The van der Waals surface area contributed by atoms with Gasteiger partial charge in [0.1, 0.15) is 0 Å². The molecule has 0 aliphatic rings. The summed E-state index contributed by atoms with van der Waals surface area (Å²) in [5.74, 6) is 1.70. The molecule has 120 valence electrons. The number of amides is 1. The maximum absolute atomic E-state index is 12.0. The van der Waals surface area contributed by atoms with Gasteiger partial charge in [0, 0.05) is 12.6 Å². The van der Waals surface area contributed by atoms with Crippen molar-refractivity contribution in [3.8, 4) is 10.7 Å². The molecule has 0 radical (unpaired) electrons. The zero-order valence-corrected chi connectivity index (χ0v) is 15.0. The first-order valence-corrected chi connectivity index (χ1v) is 9.28. The smallest absolute Gasteiger partial charge is 0.230 e. The second-order valence-corrected chi connectivity index (χ2v) is 7.31. The van der Waals surface area contributed by atoms with E-state index in [2.05, 4.69) is 40.9 Å². The van der Waals surface area contributed by atoms with E-state index in [4.69, 9.17) is 0 Å². The molecule has 22 heavy (non-hydrogen) atoms. The van der Waals surface area contributed by atoms with Gasteiger partial charge in [-0.25, -0.2) is 0 Å². The van der Waals surface area contributed by atoms with E-state index in [1.54, 1.807) is 11.3 Å². The van der Waals surface area contributed by atoms with Gasteiger partial charge in [-0.15, -0.1) is 21.5 Å². The lowest BCUT2D eigenvalue weighted by molar-refractivity contribution is -0.119. The van der Waals surface area contributed by atoms with Gasteiger partial charge >= 0.3 is 0 Å². The van der Waals surface area contributed by atoms with Gasteiger partial charge < -0.3 is 9.88 Å². The topological polar surface area (TPSA) is 59.8 Å². The molecule has 0 spiro atoms. The van der Waals surface area contributed by atoms with Gasteiger partial charge in [-0.05, 0) is 31.2 Å². The van der Waals surface area contributed by atoms with Crippen molar-refractivity contribution in [2.75, 3.05) is 5.75 Å². The van der Waals surface area contributed by atoms with E-state index in [9.17, 15) is 4.79 Å². The molecule has 0 saturated carbocycles. The lowest BCUT2D eigenvalue weighted by atomic mass is 10.1. The van der Waals surface area contributed by atoms with Crippen molar-refractivity contribution in [3.63, 3.8) is 0 Å². The van der Waals surface area contributed by atoms with Gasteiger partial charge in [-0.3, -0.25) is 4.79 Å². The molecule has 0 aromatic carbocycles. The average Bonchev–Trinajstić information content (AvgIpc) is 3.13. The quantitative estimate of drug-likeness (QED) is 0.787. The number of hydrogen-bond acceptors (Lipinski definition) is 5. The molecule has 0 bridgehead atoms. The fourth-order valence-corrected chi connectivity index (χ4v) is 3.39. The molecular weight excluding hydrogens is 316 g/mol. The van der Waals surface area contributed by atoms with E-state index < -0.39 is 0 Å². The lowest BCUT2D eigenvalue weighted by Crippen LogP contribution is -2.37. The third-order valence-corrected chi connectivity index (χ3v) is 5.33. The number of carbonyl (C=O) groups is 1. The van der Waals surface area contributed by atoms with Crippen molar-refractivity contribution in [1.82, 2.24) is 20.1 Å². The number of aromatic nitrogens is 3. The largest absolute Gasteiger partial charge is 0.353 e. The predicted octanol–water partition coefficient (Wildman–Crippen LogP) is 3.28. The molecule has 1 N–H and O–H groups in total. The highest BCUT2D eigenvalue weighted by atomic mass is 32.2. The van der Waals surface area contributed by atoms with Crippen LogP contribution in [0.1, 0.15) is 27.7 Å². The van der Waals surface area contributed by atoms with Crippen molar-refractivity contribution < 1.29 is 4.79 Å². The predicted molar refractivity (Wildman–Crippen MR) is 92.2 cm³/mol. The highest BCUT2D eigenvalue weighted by Gasteiger charge is 2.16. The van der Waals surface area contributed by atoms with Crippen LogP contribution in [-0.4, -0.2) is 32.5 Å². The molecule has 0 aliphatic heterocycles. The van der Waals surface area contributed by atoms with Crippen LogP contribution in [0, 0.1) is 5.92 Å². The van der Waals surface area contributed by atoms with Gasteiger partial charge in [0.2, 0.25) is 5.91 Å². The molecule has 0 aliphatic carbocycles. The Kier molecular flexibility index (Phi) is 6.02. The third-order valence-electron chi connectivity index (χ3n) is 3.50. The maximum atomic E-state index is 12.0. The monoisotopic (exact) mass is 338 g/mol. The summed E-state index contributed by atoms with van der Waals surface area (Å²) in [6.45, 7) is 9.06. The van der Waals surface area contributed by atoms with Crippen molar-refractivity contribution in [2.24, 2.45) is 5.92 Å². The Hall–Kier alpha value is -1.34. The molecule has 1 atom stereocenters. The summed E-state index contributed by atoms with van der Waals surface area (Å²) in [7, 11) is 0. The molecule has 7 heteroatoms. The molecule has 0 saturated heterocycles. The summed E-state index contributed by atoms with van der Waals surface area (Å²) in [5.41, 5.74) is 0. The zero-order chi connectivity index (χ0) is 16.1. The molecule has 2 rings (SSSR count). The van der Waals surface area contributed by atoms with Gasteiger partial charge in [0.05, 0.1) is 10.6 Å². The second kappa shape index (κ2) is 7.78. The molecule has 1 amide bonds. The van der Waals surface area contributed by atoms with E-state index in [0.717, 1.165) is 22.4 Å². The van der Waals surface area contributed by atoms with Gasteiger partial charge in [-0.1, -0.05) is 31.7 Å². The summed E-state index contributed by atoms with van der Waals surface area (Å²) in [6.07, 6.45) is 0. The van der Waals surface area contributed by atoms with E-state index in [1.165, 1.54) is 11.8 Å². The number of hydrogen-bond donors (Lipinski definition) is 1. The highest BCUT2D eigenvalue weighted by Crippen LogP contribution is 2.27. The van der Waals surface area contributed by atoms with Crippen LogP contribution in [0.5, 0.6) is 0 Å². The van der Waals surface area contributed by atoms with Crippen molar-refractivity contribution >= 4 is 29.0 Å². The number of rotatable bonds is 7. The van der Waals surface area contributed by atoms with E-state index >= 15 is 0 Å². The van der Waals surface area contributed by atoms with Crippen LogP contribution >= 0.6 is 23.1 Å². The standard InChI is InChI=1S/C15H22N4OS2/c1-5-19-14(12-7-6-8-21-12)17-18-15(19)22-9-13(20)16-11(4)10(2)3/h6-8,10-11H,5,9H2,1-4H3,(H,16,20). The lowest BCUT2D eigenvalue weighted by Gasteiger charge is -2.17. The number of carbonyl (C=O) groups excluding carboxylic acids is 1. The molecule has 1 unspecified atom stereocenters. The summed E-state index contributed by atoms with van der Waals surface area (Å²) in [4.78, 5) is 13.1. The average molecular weight is 339 g/mol. The van der Waals surface area contributed by atoms with E-state index in [0.29, 0.717) is 11.7 Å². The summed E-state index contributed by atoms with van der Waals surface area (Å²) in [6, 6.07) is 4.22. The number of thiophene rings is 1. The molecule has 2 aromatic rings. The molecule has 5 nitrogen and oxygen atoms in total. The van der Waals surface area contributed by atoms with Crippen LogP contribution in [0.2, 0.25) is 0 Å². The number of nitrogens with one attached hydrogen (secondary N) is 1. The Morgan fingerprint density at radius 1 is 1.41 bits per heavy atom. The SMILES string of the molecule is CCn1c(SCC(=O)NC(C)C(C)C)nnc1-c1cccs1. The first kappa shape index (κ1) is 17.0. The Morgan fingerprint density at radius 3 is 2.77 bits per heavy atom. The van der Waals surface area contributed by atoms with Gasteiger partial charge in [0.15, 0.2) is 11.0 Å². The summed E-state index contributed by atoms with van der Waals surface area (Å²) < 4.78 is 2.05. The molecule has 2 heterocycles. The summed E-state index contributed by atoms with van der Waals surface area (Å²) >= 11 is 3.08. The Bertz CT molecular complexity index is 607. The van der Waals surface area contributed by atoms with Crippen LogP contribution in [-0.2, 0) is 11.3 Å². The van der Waals surface area contributed by atoms with Crippen molar-refractivity contribution in [3.05, 3.63) is 17.5 Å². The van der Waals surface area contributed by atoms with Gasteiger partial charge in [-0.2, -0.15) is 0 Å². The Labute approximate surface area is 139 Å².